The molecule has 0 aromatic heterocycles. The van der Waals surface area contributed by atoms with E-state index < -0.39 is 22.4 Å². The molecule has 0 aromatic carbocycles. The molecule has 0 aliphatic rings. The van der Waals surface area contributed by atoms with Gasteiger partial charge in [0.1, 0.15) is 0 Å². The van der Waals surface area contributed by atoms with E-state index in [1.54, 1.807) is 29.5 Å². The van der Waals surface area contributed by atoms with Crippen molar-refractivity contribution in [3.63, 3.8) is 0 Å². The zero-order chi connectivity index (χ0) is 10.7. The predicted molar refractivity (Wildman–Crippen MR) is 48.3 cm³/mol. The van der Waals surface area contributed by atoms with Crippen LogP contribution in [0.4, 0.5) is 22.0 Å². The molecule has 0 amide bonds. The fourth-order valence-corrected chi connectivity index (χ4v) is 1.99. The molecule has 80 valence electrons. The maximum atomic E-state index is 12.4. The van der Waals surface area contributed by atoms with E-state index in [-0.39, 0.29) is 0 Å². The molecule has 0 fully saturated rings. The van der Waals surface area contributed by atoms with E-state index in [0.29, 0.717) is 12.8 Å². The molecular formula is C7H10F5I. The lowest BCUT2D eigenvalue weighted by molar-refractivity contribution is -0.283. The average Bonchev–Trinajstić information content (AvgIpc) is 1.83. The van der Waals surface area contributed by atoms with Gasteiger partial charge in [0.05, 0.1) is 0 Å². The third kappa shape index (κ3) is 4.42. The van der Waals surface area contributed by atoms with E-state index in [1.165, 1.54) is 0 Å². The quantitative estimate of drug-likeness (QED) is 0.415. The minimum atomic E-state index is -5.41. The van der Waals surface area contributed by atoms with Crippen molar-refractivity contribution >= 4 is 22.6 Å². The Labute approximate surface area is 87.0 Å². The van der Waals surface area contributed by atoms with Crippen LogP contribution in [0, 0.1) is 0 Å². The second kappa shape index (κ2) is 4.75. The topological polar surface area (TPSA) is 0 Å². The van der Waals surface area contributed by atoms with Gasteiger partial charge < -0.3 is 0 Å². The normalized spacial score (nSPS) is 15.9. The van der Waals surface area contributed by atoms with Crippen molar-refractivity contribution in [1.29, 1.82) is 0 Å². The largest absolute Gasteiger partial charge is 0.453 e. The van der Waals surface area contributed by atoms with E-state index in [0.717, 1.165) is 0 Å². The van der Waals surface area contributed by atoms with E-state index in [2.05, 4.69) is 0 Å². The van der Waals surface area contributed by atoms with Crippen LogP contribution in [0.3, 0.4) is 0 Å². The average molecular weight is 316 g/mol. The van der Waals surface area contributed by atoms with Crippen LogP contribution in [0.2, 0.25) is 0 Å². The van der Waals surface area contributed by atoms with Crippen molar-refractivity contribution in [2.24, 2.45) is 0 Å². The second-order valence-corrected chi connectivity index (χ2v) is 4.55. The highest BCUT2D eigenvalue weighted by Crippen LogP contribution is 2.40. The molecule has 0 heterocycles. The lowest BCUT2D eigenvalue weighted by Gasteiger charge is -2.21. The summed E-state index contributed by atoms with van der Waals surface area (Å²) in [7, 11) is 0. The van der Waals surface area contributed by atoms with Gasteiger partial charge in [-0.05, 0) is 6.42 Å². The molecule has 6 heteroatoms. The van der Waals surface area contributed by atoms with Crippen LogP contribution in [0.5, 0.6) is 0 Å². The molecule has 13 heavy (non-hydrogen) atoms. The van der Waals surface area contributed by atoms with E-state index >= 15 is 0 Å². The zero-order valence-corrected chi connectivity index (χ0v) is 9.12. The van der Waals surface area contributed by atoms with Gasteiger partial charge in [0.2, 0.25) is 0 Å². The fraction of sp³-hybridized carbons (Fsp3) is 1.00. The Morgan fingerprint density at radius 1 is 1.15 bits per heavy atom. The predicted octanol–water partition coefficient (Wildman–Crippen LogP) is 4.18. The highest BCUT2D eigenvalue weighted by atomic mass is 127. The lowest BCUT2D eigenvalue weighted by atomic mass is 10.1. The standard InChI is InChI=1S/C7H10F5I/c1-2-3-5(13)4-6(8,9)7(10,11)12/h5H,2-4H2,1H3. The first kappa shape index (κ1) is 13.4. The van der Waals surface area contributed by atoms with Crippen LogP contribution in [-0.2, 0) is 0 Å². The maximum absolute atomic E-state index is 12.4. The third-order valence-corrected chi connectivity index (χ3v) is 2.56. The smallest absolute Gasteiger partial charge is 0.196 e. The molecule has 0 rings (SSSR count). The van der Waals surface area contributed by atoms with Gasteiger partial charge >= 0.3 is 12.1 Å². The van der Waals surface area contributed by atoms with Gasteiger partial charge in [-0.3, -0.25) is 0 Å². The highest BCUT2D eigenvalue weighted by molar-refractivity contribution is 14.1. The summed E-state index contributed by atoms with van der Waals surface area (Å²) in [6.07, 6.45) is -5.54. The summed E-state index contributed by atoms with van der Waals surface area (Å²) in [5.41, 5.74) is 0. The first-order valence-corrected chi connectivity index (χ1v) is 5.04. The summed E-state index contributed by atoms with van der Waals surface area (Å²) in [5, 5.41) is 0. The molecule has 0 aliphatic carbocycles. The molecule has 0 radical (unpaired) electrons. The molecule has 0 aromatic rings. The van der Waals surface area contributed by atoms with Crippen LogP contribution in [0.1, 0.15) is 26.2 Å². The van der Waals surface area contributed by atoms with Gasteiger partial charge in [-0.25, -0.2) is 0 Å². The van der Waals surface area contributed by atoms with Crippen LogP contribution in [0.15, 0.2) is 0 Å². The summed E-state index contributed by atoms with van der Waals surface area (Å²) < 4.78 is 59.2. The Morgan fingerprint density at radius 3 is 1.92 bits per heavy atom. The Kier molecular flexibility index (Phi) is 4.88. The Morgan fingerprint density at radius 2 is 1.62 bits per heavy atom. The van der Waals surface area contributed by atoms with Gasteiger partial charge in [0.25, 0.3) is 0 Å². The first-order valence-electron chi connectivity index (χ1n) is 3.79. The summed E-state index contributed by atoms with van der Waals surface area (Å²) >= 11 is 1.63. The van der Waals surface area contributed by atoms with Gasteiger partial charge in [-0.15, -0.1) is 0 Å². The lowest BCUT2D eigenvalue weighted by Crippen LogP contribution is -2.38. The minimum Gasteiger partial charge on any atom is -0.196 e. The van der Waals surface area contributed by atoms with Crippen molar-refractivity contribution in [3.8, 4) is 0 Å². The van der Waals surface area contributed by atoms with E-state index in [4.69, 9.17) is 0 Å². The monoisotopic (exact) mass is 316 g/mol. The Bertz CT molecular complexity index is 153. The molecule has 0 bridgehead atoms. The number of halogens is 6. The Balaban J connectivity index is 4.17. The molecular weight excluding hydrogens is 306 g/mol. The first-order chi connectivity index (χ1) is 5.70. The molecule has 1 unspecified atom stereocenters. The van der Waals surface area contributed by atoms with Crippen LogP contribution in [-0.4, -0.2) is 16.0 Å². The molecule has 0 saturated carbocycles. The highest BCUT2D eigenvalue weighted by Gasteiger charge is 2.57. The summed E-state index contributed by atoms with van der Waals surface area (Å²) in [4.78, 5) is 0. The van der Waals surface area contributed by atoms with Crippen LogP contribution in [0.25, 0.3) is 0 Å². The van der Waals surface area contributed by atoms with Gasteiger partial charge in [0, 0.05) is 10.3 Å². The van der Waals surface area contributed by atoms with Gasteiger partial charge in [-0.2, -0.15) is 22.0 Å². The van der Waals surface area contributed by atoms with Crippen molar-refractivity contribution in [3.05, 3.63) is 0 Å². The molecule has 0 N–H and O–H groups in total. The van der Waals surface area contributed by atoms with E-state index in [9.17, 15) is 22.0 Å². The SMILES string of the molecule is CCCC(I)CC(F)(F)C(F)(F)F. The minimum absolute atomic E-state index is 0.381. The van der Waals surface area contributed by atoms with Crippen LogP contribution < -0.4 is 0 Å². The number of rotatable bonds is 4. The van der Waals surface area contributed by atoms with Crippen molar-refractivity contribution in [2.75, 3.05) is 0 Å². The van der Waals surface area contributed by atoms with E-state index in [1.807, 2.05) is 0 Å². The van der Waals surface area contributed by atoms with Crippen molar-refractivity contribution in [1.82, 2.24) is 0 Å². The second-order valence-electron chi connectivity index (χ2n) is 2.79. The molecule has 0 nitrogen and oxygen atoms in total. The molecule has 1 atom stereocenters. The number of alkyl halides is 6. The van der Waals surface area contributed by atoms with Gasteiger partial charge in [-0.1, -0.05) is 35.9 Å². The zero-order valence-electron chi connectivity index (χ0n) is 6.97. The van der Waals surface area contributed by atoms with Crippen LogP contribution >= 0.6 is 22.6 Å². The number of hydrogen-bond donors (Lipinski definition) is 0. The third-order valence-electron chi connectivity index (χ3n) is 1.49. The number of hydrogen-bond acceptors (Lipinski definition) is 0. The summed E-state index contributed by atoms with van der Waals surface area (Å²) in [5.74, 6) is -4.55. The fourth-order valence-electron chi connectivity index (χ4n) is 0.809. The molecule has 0 spiro atoms. The maximum Gasteiger partial charge on any atom is 0.453 e. The Hall–Kier alpha value is 0.380. The molecule has 0 saturated heterocycles. The van der Waals surface area contributed by atoms with Crippen molar-refractivity contribution < 1.29 is 22.0 Å². The van der Waals surface area contributed by atoms with Gasteiger partial charge in [0.15, 0.2) is 0 Å². The molecule has 0 aliphatic heterocycles. The summed E-state index contributed by atoms with van der Waals surface area (Å²) in [6.45, 7) is 1.75. The summed E-state index contributed by atoms with van der Waals surface area (Å²) in [6, 6.07) is 0. The van der Waals surface area contributed by atoms with Crippen molar-refractivity contribution in [2.45, 2.75) is 42.2 Å².